The van der Waals surface area contributed by atoms with Gasteiger partial charge in [0.05, 0.1) is 10.8 Å². The summed E-state index contributed by atoms with van der Waals surface area (Å²) in [5, 5.41) is 13.3. The molecule has 0 radical (unpaired) electrons. The third-order valence-electron chi connectivity index (χ3n) is 4.71. The largest absolute Gasteiger partial charge is 0.339 e. The number of anilines is 1. The first kappa shape index (κ1) is 16.4. The number of carbonyl (C=O) groups excluding carboxylic acids is 2. The maximum atomic E-state index is 13.3. The van der Waals surface area contributed by atoms with Gasteiger partial charge in [-0.15, -0.1) is 0 Å². The lowest BCUT2D eigenvalue weighted by Gasteiger charge is -2.23. The zero-order valence-corrected chi connectivity index (χ0v) is 13.0. The van der Waals surface area contributed by atoms with E-state index in [2.05, 4.69) is 5.32 Å². The van der Waals surface area contributed by atoms with Crippen LogP contribution in [-0.4, -0.2) is 34.2 Å². The summed E-state index contributed by atoms with van der Waals surface area (Å²) in [6.45, 7) is 0.374. The van der Waals surface area contributed by atoms with Crippen molar-refractivity contribution < 1.29 is 18.9 Å². The van der Waals surface area contributed by atoms with Crippen LogP contribution >= 0.6 is 0 Å². The number of nitro benzene ring substituents is 1. The monoisotopic (exact) mass is 335 g/mol. The van der Waals surface area contributed by atoms with Crippen LogP contribution in [0.3, 0.4) is 0 Å². The van der Waals surface area contributed by atoms with Crippen molar-refractivity contribution in [2.75, 3.05) is 11.9 Å². The van der Waals surface area contributed by atoms with Crippen molar-refractivity contribution >= 4 is 23.2 Å². The molecule has 1 N–H and O–H groups in total. The Kier molecular flexibility index (Phi) is 4.46. The lowest BCUT2D eigenvalue weighted by atomic mass is 10.1. The second-order valence-corrected chi connectivity index (χ2v) is 6.30. The molecular weight excluding hydrogens is 317 g/mol. The Labute approximate surface area is 138 Å². The number of halogens is 1. The van der Waals surface area contributed by atoms with Crippen molar-refractivity contribution in [2.24, 2.45) is 5.92 Å². The van der Waals surface area contributed by atoms with Gasteiger partial charge in [0.1, 0.15) is 0 Å². The molecule has 3 rings (SSSR count). The van der Waals surface area contributed by atoms with Crippen LogP contribution in [0.15, 0.2) is 18.2 Å². The van der Waals surface area contributed by atoms with E-state index >= 15 is 0 Å². The lowest BCUT2D eigenvalue weighted by molar-refractivity contribution is -0.387. The SMILES string of the molecule is O=C(Nc1ccc(F)c([N+](=O)[O-])c1)C1CC(=O)N(C2CCCC2)C1. The van der Waals surface area contributed by atoms with Gasteiger partial charge in [-0.3, -0.25) is 19.7 Å². The fourth-order valence-corrected chi connectivity index (χ4v) is 3.45. The van der Waals surface area contributed by atoms with Gasteiger partial charge < -0.3 is 10.2 Å². The molecule has 1 saturated carbocycles. The highest BCUT2D eigenvalue weighted by Crippen LogP contribution is 2.30. The molecule has 1 saturated heterocycles. The molecule has 1 aliphatic heterocycles. The molecule has 2 amide bonds. The standard InChI is InChI=1S/C16H18FN3O4/c17-13-6-5-11(8-14(13)20(23)24)18-16(22)10-7-15(21)19(9-10)12-3-1-2-4-12/h5-6,8,10,12H,1-4,7,9H2,(H,18,22). The van der Waals surface area contributed by atoms with Crippen molar-refractivity contribution in [3.8, 4) is 0 Å². The molecular formula is C16H18FN3O4. The molecule has 0 spiro atoms. The normalized spacial score (nSPS) is 21.3. The predicted molar refractivity (Wildman–Crippen MR) is 83.8 cm³/mol. The van der Waals surface area contributed by atoms with Gasteiger partial charge in [-0.05, 0) is 25.0 Å². The molecule has 2 aliphatic rings. The van der Waals surface area contributed by atoms with Crippen LogP contribution in [0.4, 0.5) is 15.8 Å². The maximum absolute atomic E-state index is 13.3. The van der Waals surface area contributed by atoms with Crippen LogP contribution in [0.25, 0.3) is 0 Å². The number of rotatable bonds is 4. The first-order valence-corrected chi connectivity index (χ1v) is 8.00. The first-order valence-electron chi connectivity index (χ1n) is 8.00. The Bertz CT molecular complexity index is 688. The molecule has 1 atom stereocenters. The van der Waals surface area contributed by atoms with E-state index in [1.165, 1.54) is 6.07 Å². The zero-order valence-electron chi connectivity index (χ0n) is 13.0. The fourth-order valence-electron chi connectivity index (χ4n) is 3.45. The minimum atomic E-state index is -0.957. The number of nitrogens with zero attached hydrogens (tertiary/aromatic N) is 2. The van der Waals surface area contributed by atoms with E-state index in [0.29, 0.717) is 6.54 Å². The van der Waals surface area contributed by atoms with Gasteiger partial charge in [-0.25, -0.2) is 0 Å². The average Bonchev–Trinajstić information content (AvgIpc) is 3.18. The van der Waals surface area contributed by atoms with Crippen molar-refractivity contribution in [2.45, 2.75) is 38.1 Å². The molecule has 1 aliphatic carbocycles. The number of amides is 2. The lowest BCUT2D eigenvalue weighted by Crippen LogP contribution is -2.35. The molecule has 8 heteroatoms. The average molecular weight is 335 g/mol. The van der Waals surface area contributed by atoms with Crippen molar-refractivity contribution in [3.05, 3.63) is 34.1 Å². The highest BCUT2D eigenvalue weighted by atomic mass is 19.1. The molecule has 1 unspecified atom stereocenters. The molecule has 0 aromatic heterocycles. The summed E-state index contributed by atoms with van der Waals surface area (Å²) in [4.78, 5) is 36.1. The van der Waals surface area contributed by atoms with Gasteiger partial charge in [0.15, 0.2) is 0 Å². The smallest absolute Gasteiger partial charge is 0.306 e. The van der Waals surface area contributed by atoms with Gasteiger partial charge >= 0.3 is 5.69 Å². The highest BCUT2D eigenvalue weighted by Gasteiger charge is 2.38. The van der Waals surface area contributed by atoms with E-state index in [0.717, 1.165) is 37.8 Å². The minimum absolute atomic E-state index is 0.0212. The van der Waals surface area contributed by atoms with Crippen LogP contribution < -0.4 is 5.32 Å². The minimum Gasteiger partial charge on any atom is -0.339 e. The van der Waals surface area contributed by atoms with Crippen LogP contribution in [0.5, 0.6) is 0 Å². The summed E-state index contributed by atoms with van der Waals surface area (Å²) in [6.07, 6.45) is 4.30. The summed E-state index contributed by atoms with van der Waals surface area (Å²) in [5.74, 6) is -1.83. The predicted octanol–water partition coefficient (Wildman–Crippen LogP) is 2.46. The van der Waals surface area contributed by atoms with E-state index in [-0.39, 0.29) is 30.0 Å². The Morgan fingerprint density at radius 2 is 2.04 bits per heavy atom. The Balaban J connectivity index is 1.66. The topological polar surface area (TPSA) is 92.5 Å². The molecule has 1 aromatic rings. The fraction of sp³-hybridized carbons (Fsp3) is 0.500. The highest BCUT2D eigenvalue weighted by molar-refractivity contribution is 5.97. The Morgan fingerprint density at radius 3 is 2.71 bits per heavy atom. The molecule has 1 aromatic carbocycles. The summed E-state index contributed by atoms with van der Waals surface area (Å²) in [6, 6.07) is 3.42. The third-order valence-corrected chi connectivity index (χ3v) is 4.71. The second kappa shape index (κ2) is 6.54. The Morgan fingerprint density at radius 1 is 1.33 bits per heavy atom. The van der Waals surface area contributed by atoms with Crippen molar-refractivity contribution in [1.29, 1.82) is 0 Å². The van der Waals surface area contributed by atoms with Gasteiger partial charge in [0.25, 0.3) is 0 Å². The van der Waals surface area contributed by atoms with E-state index in [1.54, 1.807) is 4.90 Å². The quantitative estimate of drug-likeness (QED) is 0.676. The van der Waals surface area contributed by atoms with Gasteiger partial charge in [0.2, 0.25) is 17.6 Å². The van der Waals surface area contributed by atoms with Gasteiger partial charge in [-0.2, -0.15) is 4.39 Å². The second-order valence-electron chi connectivity index (χ2n) is 6.30. The summed E-state index contributed by atoms with van der Waals surface area (Å²) in [5.41, 5.74) is -0.539. The number of carbonyl (C=O) groups is 2. The molecule has 128 valence electrons. The van der Waals surface area contributed by atoms with E-state index < -0.39 is 22.3 Å². The van der Waals surface area contributed by atoms with Crippen LogP contribution in [0, 0.1) is 21.8 Å². The summed E-state index contributed by atoms with van der Waals surface area (Å²) >= 11 is 0. The number of hydrogen-bond acceptors (Lipinski definition) is 4. The molecule has 0 bridgehead atoms. The van der Waals surface area contributed by atoms with E-state index in [1.807, 2.05) is 0 Å². The van der Waals surface area contributed by atoms with Crippen molar-refractivity contribution in [3.63, 3.8) is 0 Å². The summed E-state index contributed by atoms with van der Waals surface area (Å²) in [7, 11) is 0. The first-order chi connectivity index (χ1) is 11.5. The van der Waals surface area contributed by atoms with Crippen LogP contribution in [-0.2, 0) is 9.59 Å². The van der Waals surface area contributed by atoms with Gasteiger partial charge in [-0.1, -0.05) is 12.8 Å². The van der Waals surface area contributed by atoms with Crippen molar-refractivity contribution in [1.82, 2.24) is 4.90 Å². The third kappa shape index (κ3) is 3.22. The number of benzene rings is 1. The van der Waals surface area contributed by atoms with Gasteiger partial charge in [0, 0.05) is 30.8 Å². The maximum Gasteiger partial charge on any atom is 0.306 e. The Hall–Kier alpha value is -2.51. The van der Waals surface area contributed by atoms with E-state index in [9.17, 15) is 24.1 Å². The molecule has 7 nitrogen and oxygen atoms in total. The number of nitrogens with one attached hydrogen (secondary N) is 1. The van der Waals surface area contributed by atoms with Crippen LogP contribution in [0.2, 0.25) is 0 Å². The molecule has 2 fully saturated rings. The number of nitro groups is 1. The van der Waals surface area contributed by atoms with Crippen LogP contribution in [0.1, 0.15) is 32.1 Å². The van der Waals surface area contributed by atoms with E-state index in [4.69, 9.17) is 0 Å². The summed E-state index contributed by atoms with van der Waals surface area (Å²) < 4.78 is 13.3. The zero-order chi connectivity index (χ0) is 17.3. The number of likely N-dealkylation sites (tertiary alicyclic amines) is 1. The number of hydrogen-bond donors (Lipinski definition) is 1. The molecule has 1 heterocycles. The molecule has 24 heavy (non-hydrogen) atoms.